The number of methoxy groups -OCH3 is 1. The number of fused-ring (bicyclic) bond motifs is 1. The summed E-state index contributed by atoms with van der Waals surface area (Å²) in [6.45, 7) is 9.06. The van der Waals surface area contributed by atoms with Crippen molar-refractivity contribution in [3.05, 3.63) is 68.4 Å². The highest BCUT2D eigenvalue weighted by Crippen LogP contribution is 2.34. The molecule has 0 radical (unpaired) electrons. The Kier molecular flexibility index (Phi) is 9.39. The molecule has 0 spiro atoms. The molecule has 0 saturated carbocycles. The van der Waals surface area contributed by atoms with Crippen LogP contribution in [0.25, 0.3) is 15.2 Å². The highest BCUT2D eigenvalue weighted by Gasteiger charge is 2.36. The molecule has 0 bridgehead atoms. The first-order valence-corrected chi connectivity index (χ1v) is 14.7. The first-order chi connectivity index (χ1) is 20.7. The molecule has 236 valence electrons. The Bertz CT molecular complexity index is 1810. The molecule has 4 rings (SSSR count). The van der Waals surface area contributed by atoms with Gasteiger partial charge in [0.25, 0.3) is 5.56 Å². The third-order valence-electron chi connectivity index (χ3n) is 7.18. The lowest BCUT2D eigenvalue weighted by Gasteiger charge is -2.28. The van der Waals surface area contributed by atoms with Crippen molar-refractivity contribution in [3.8, 4) is 10.8 Å². The Labute approximate surface area is 255 Å². The fourth-order valence-electron chi connectivity index (χ4n) is 4.74. The number of hydrogen-bond donors (Lipinski definition) is 2. The van der Waals surface area contributed by atoms with E-state index >= 15 is 0 Å². The van der Waals surface area contributed by atoms with Gasteiger partial charge >= 0.3 is 11.7 Å². The Hall–Kier alpha value is -4.37. The average molecular weight is 631 g/mol. The molecule has 0 aliphatic rings. The van der Waals surface area contributed by atoms with E-state index in [-0.39, 0.29) is 40.7 Å². The Balaban J connectivity index is 2.02. The SMILES string of the molecule is COc1ccc(F)cc1[C@H](Cn1c(=O)n(C(C)(C)C(=O)NC(C)C)c(=O)c2c(C)c(-n3nccn3)sc21)OCC(C)C(=O)O. The van der Waals surface area contributed by atoms with E-state index in [0.29, 0.717) is 10.6 Å². The van der Waals surface area contributed by atoms with Crippen LogP contribution in [-0.4, -0.2) is 60.9 Å². The third-order valence-corrected chi connectivity index (χ3v) is 8.46. The number of aryl methyl sites for hydroxylation is 1. The van der Waals surface area contributed by atoms with E-state index in [9.17, 15) is 28.7 Å². The van der Waals surface area contributed by atoms with Crippen molar-refractivity contribution in [3.63, 3.8) is 0 Å². The molecule has 13 nitrogen and oxygen atoms in total. The van der Waals surface area contributed by atoms with Crippen molar-refractivity contribution in [2.24, 2.45) is 5.92 Å². The van der Waals surface area contributed by atoms with Crippen LogP contribution < -0.4 is 21.3 Å². The van der Waals surface area contributed by atoms with E-state index < -0.39 is 46.5 Å². The zero-order chi connectivity index (χ0) is 32.5. The Morgan fingerprint density at radius 3 is 2.41 bits per heavy atom. The first-order valence-electron chi connectivity index (χ1n) is 13.8. The highest BCUT2D eigenvalue weighted by atomic mass is 32.1. The number of ether oxygens (including phenoxy) is 2. The standard InChI is InChI=1S/C29H35FN6O7S/c1-15(2)33-27(40)29(5,6)35-23(37)22-17(4)24(36-31-10-11-32-36)44-25(22)34(28(35)41)13-21(43-14-16(3)26(38)39)19-12-18(30)8-9-20(19)42-7/h8-12,15-16,21H,13-14H2,1-7H3,(H,33,40)(H,38,39)/t16?,21-/m0/s1. The summed E-state index contributed by atoms with van der Waals surface area (Å²) in [6.07, 6.45) is 1.84. The smallest absolute Gasteiger partial charge is 0.333 e. The lowest BCUT2D eigenvalue weighted by molar-refractivity contribution is -0.144. The van der Waals surface area contributed by atoms with Crippen LogP contribution in [0.3, 0.4) is 0 Å². The van der Waals surface area contributed by atoms with E-state index in [2.05, 4.69) is 15.5 Å². The van der Waals surface area contributed by atoms with Gasteiger partial charge in [0.15, 0.2) is 0 Å². The van der Waals surface area contributed by atoms with Crippen molar-refractivity contribution in [2.75, 3.05) is 13.7 Å². The number of thiophene rings is 1. The predicted octanol–water partition coefficient (Wildman–Crippen LogP) is 3.00. The van der Waals surface area contributed by atoms with Crippen LogP contribution in [0, 0.1) is 18.7 Å². The van der Waals surface area contributed by atoms with Crippen LogP contribution in [0.4, 0.5) is 4.39 Å². The van der Waals surface area contributed by atoms with Gasteiger partial charge in [-0.15, -0.1) is 4.80 Å². The van der Waals surface area contributed by atoms with Crippen molar-refractivity contribution in [1.29, 1.82) is 0 Å². The van der Waals surface area contributed by atoms with E-state index in [4.69, 9.17) is 9.47 Å². The maximum Gasteiger partial charge on any atom is 0.333 e. The molecule has 44 heavy (non-hydrogen) atoms. The largest absolute Gasteiger partial charge is 0.496 e. The third kappa shape index (κ3) is 6.15. The van der Waals surface area contributed by atoms with Gasteiger partial charge in [-0.2, -0.15) is 10.2 Å². The fourth-order valence-corrected chi connectivity index (χ4v) is 5.96. The molecule has 2 atom stereocenters. The van der Waals surface area contributed by atoms with Gasteiger partial charge in [0.2, 0.25) is 5.91 Å². The molecule has 4 aromatic rings. The zero-order valence-corrected chi connectivity index (χ0v) is 26.3. The van der Waals surface area contributed by atoms with Crippen LogP contribution in [0.5, 0.6) is 5.75 Å². The number of rotatable bonds is 12. The number of carbonyl (C=O) groups is 2. The normalized spacial score (nSPS) is 13.3. The summed E-state index contributed by atoms with van der Waals surface area (Å²) in [4.78, 5) is 54.9. The van der Waals surface area contributed by atoms with Crippen LogP contribution >= 0.6 is 11.3 Å². The molecule has 3 aromatic heterocycles. The molecule has 0 aliphatic heterocycles. The molecule has 1 unspecified atom stereocenters. The lowest BCUT2D eigenvalue weighted by atomic mass is 10.0. The zero-order valence-electron chi connectivity index (χ0n) is 25.5. The van der Waals surface area contributed by atoms with Gasteiger partial charge in [-0.3, -0.25) is 19.0 Å². The van der Waals surface area contributed by atoms with Crippen LogP contribution in [-0.2, 0) is 26.4 Å². The van der Waals surface area contributed by atoms with E-state index in [0.717, 1.165) is 15.9 Å². The van der Waals surface area contributed by atoms with Gasteiger partial charge in [0.1, 0.15) is 33.0 Å². The van der Waals surface area contributed by atoms with Crippen LogP contribution in [0.2, 0.25) is 0 Å². The van der Waals surface area contributed by atoms with E-state index in [1.165, 1.54) is 67.8 Å². The summed E-state index contributed by atoms with van der Waals surface area (Å²) in [6, 6.07) is 3.52. The summed E-state index contributed by atoms with van der Waals surface area (Å²) in [5.74, 6) is -2.94. The molecule has 15 heteroatoms. The molecule has 1 amide bonds. The number of aliphatic carboxylic acids is 1. The number of nitrogens with zero attached hydrogens (tertiary/aromatic N) is 5. The number of aromatic nitrogens is 5. The molecule has 2 N–H and O–H groups in total. The molecule has 0 saturated heterocycles. The first kappa shape index (κ1) is 32.5. The van der Waals surface area contributed by atoms with Gasteiger partial charge in [0.05, 0.1) is 44.0 Å². The summed E-state index contributed by atoms with van der Waals surface area (Å²) in [7, 11) is 1.39. The van der Waals surface area contributed by atoms with Gasteiger partial charge in [0, 0.05) is 17.2 Å². The maximum absolute atomic E-state index is 14.5. The number of carboxylic acid groups (broad SMARTS) is 1. The van der Waals surface area contributed by atoms with Crippen molar-refractivity contribution >= 4 is 33.4 Å². The number of amides is 1. The Morgan fingerprint density at radius 2 is 1.82 bits per heavy atom. The van der Waals surface area contributed by atoms with Crippen molar-refractivity contribution < 1.29 is 28.6 Å². The molecule has 3 heterocycles. The Morgan fingerprint density at radius 1 is 1.16 bits per heavy atom. The summed E-state index contributed by atoms with van der Waals surface area (Å²) < 4.78 is 28.2. The topological polar surface area (TPSA) is 160 Å². The predicted molar refractivity (Wildman–Crippen MR) is 161 cm³/mol. The van der Waals surface area contributed by atoms with Crippen molar-refractivity contribution in [2.45, 2.75) is 65.8 Å². The lowest BCUT2D eigenvalue weighted by Crippen LogP contribution is -2.56. The number of nitrogens with one attached hydrogen (secondary N) is 1. The monoisotopic (exact) mass is 630 g/mol. The number of carbonyl (C=O) groups excluding carboxylic acids is 1. The van der Waals surface area contributed by atoms with E-state index in [1.807, 2.05) is 0 Å². The van der Waals surface area contributed by atoms with Gasteiger partial charge in [-0.25, -0.2) is 13.8 Å². The highest BCUT2D eigenvalue weighted by molar-refractivity contribution is 7.21. The van der Waals surface area contributed by atoms with Gasteiger partial charge < -0.3 is 19.9 Å². The minimum atomic E-state index is -1.63. The minimum absolute atomic E-state index is 0.163. The maximum atomic E-state index is 14.5. The van der Waals surface area contributed by atoms with Crippen LogP contribution in [0.1, 0.15) is 51.8 Å². The fraction of sp³-hybridized carbons (Fsp3) is 0.448. The molecular weight excluding hydrogens is 595 g/mol. The number of halogens is 1. The summed E-state index contributed by atoms with van der Waals surface area (Å²) >= 11 is 1.09. The summed E-state index contributed by atoms with van der Waals surface area (Å²) in [5, 5.41) is 21.2. The second-order valence-corrected chi connectivity index (χ2v) is 12.2. The molecule has 0 aliphatic carbocycles. The minimum Gasteiger partial charge on any atom is -0.496 e. The van der Waals surface area contributed by atoms with Crippen molar-refractivity contribution in [1.82, 2.24) is 29.4 Å². The van der Waals surface area contributed by atoms with Crippen LogP contribution in [0.15, 0.2) is 40.2 Å². The number of hydrogen-bond acceptors (Lipinski definition) is 9. The van der Waals surface area contributed by atoms with Gasteiger partial charge in [-0.1, -0.05) is 11.3 Å². The molecule has 0 fully saturated rings. The summed E-state index contributed by atoms with van der Waals surface area (Å²) in [5.41, 5.74) is -2.42. The second kappa shape index (κ2) is 12.7. The number of carboxylic acids is 1. The second-order valence-electron chi connectivity index (χ2n) is 11.2. The van der Waals surface area contributed by atoms with Gasteiger partial charge in [-0.05, 0) is 59.7 Å². The van der Waals surface area contributed by atoms with E-state index in [1.54, 1.807) is 20.8 Å². The number of benzene rings is 1. The molecular formula is C29H35FN6O7S. The molecule has 1 aromatic carbocycles. The quantitative estimate of drug-likeness (QED) is 0.240. The average Bonchev–Trinajstić information content (AvgIpc) is 3.60.